The minimum absolute atomic E-state index is 0.0471. The number of hydrogen-bond acceptors (Lipinski definition) is 5. The zero-order valence-electron chi connectivity index (χ0n) is 19.5. The zero-order chi connectivity index (χ0) is 23.7. The van der Waals surface area contributed by atoms with Crippen LogP contribution in [0.15, 0.2) is 83.1 Å². The van der Waals surface area contributed by atoms with Crippen molar-refractivity contribution >= 4 is 34.2 Å². The average Bonchev–Trinajstić information content (AvgIpc) is 3.32. The molecule has 5 nitrogen and oxygen atoms in total. The van der Waals surface area contributed by atoms with Crippen LogP contribution in [0, 0.1) is 20.8 Å². The van der Waals surface area contributed by atoms with Gasteiger partial charge in [0.1, 0.15) is 0 Å². The molecule has 34 heavy (non-hydrogen) atoms. The lowest BCUT2D eigenvalue weighted by Gasteiger charge is -2.21. The van der Waals surface area contributed by atoms with E-state index in [1.165, 1.54) is 22.5 Å². The smallest absolute Gasteiger partial charge is 0.253 e. The Balaban J connectivity index is 1.42. The SMILES string of the molecule is Cc1nc(SCC(=O)N2N=C(c3ccc4ccccc4c3)C[C@H]2c2ccccc2)nc(C)c1C. The van der Waals surface area contributed by atoms with E-state index >= 15 is 0 Å². The van der Waals surface area contributed by atoms with Crippen LogP contribution in [0.1, 0.15) is 40.5 Å². The molecule has 0 saturated heterocycles. The molecule has 0 unspecified atom stereocenters. The highest BCUT2D eigenvalue weighted by Gasteiger charge is 2.33. The highest BCUT2D eigenvalue weighted by Crippen LogP contribution is 2.34. The van der Waals surface area contributed by atoms with Gasteiger partial charge in [0, 0.05) is 17.8 Å². The van der Waals surface area contributed by atoms with E-state index in [9.17, 15) is 4.79 Å². The fourth-order valence-electron chi connectivity index (χ4n) is 4.22. The van der Waals surface area contributed by atoms with E-state index in [1.54, 1.807) is 5.01 Å². The number of thioether (sulfide) groups is 1. The summed E-state index contributed by atoms with van der Waals surface area (Å²) in [5, 5.41) is 9.47. The summed E-state index contributed by atoms with van der Waals surface area (Å²) >= 11 is 1.37. The number of nitrogens with zero attached hydrogens (tertiary/aromatic N) is 4. The molecule has 0 saturated carbocycles. The maximum Gasteiger partial charge on any atom is 0.253 e. The first-order chi connectivity index (χ1) is 16.5. The molecule has 1 amide bonds. The molecule has 0 aliphatic carbocycles. The largest absolute Gasteiger partial charge is 0.272 e. The maximum absolute atomic E-state index is 13.4. The summed E-state index contributed by atoms with van der Waals surface area (Å²) in [6.45, 7) is 5.96. The van der Waals surface area contributed by atoms with Gasteiger partial charge in [-0.15, -0.1) is 0 Å². The minimum Gasteiger partial charge on any atom is -0.272 e. The summed E-state index contributed by atoms with van der Waals surface area (Å²) in [4.78, 5) is 22.5. The Bertz CT molecular complexity index is 1380. The molecule has 0 spiro atoms. The Hall–Kier alpha value is -3.51. The van der Waals surface area contributed by atoms with Gasteiger partial charge < -0.3 is 0 Å². The second kappa shape index (κ2) is 9.39. The van der Waals surface area contributed by atoms with Crippen LogP contribution in [-0.2, 0) is 4.79 Å². The molecular formula is C28H26N4OS. The van der Waals surface area contributed by atoms with Gasteiger partial charge in [0.25, 0.3) is 5.91 Å². The van der Waals surface area contributed by atoms with Crippen molar-refractivity contribution < 1.29 is 4.79 Å². The first-order valence-corrected chi connectivity index (χ1v) is 12.4. The van der Waals surface area contributed by atoms with E-state index in [2.05, 4.69) is 52.4 Å². The first kappa shape index (κ1) is 22.3. The van der Waals surface area contributed by atoms with Crippen molar-refractivity contribution in [2.75, 3.05) is 5.75 Å². The molecule has 0 bridgehead atoms. The molecule has 170 valence electrons. The van der Waals surface area contributed by atoms with Gasteiger partial charge in [-0.05, 0) is 54.3 Å². The third-order valence-electron chi connectivity index (χ3n) is 6.37. The molecule has 6 heteroatoms. The minimum atomic E-state index is -0.127. The third-order valence-corrected chi connectivity index (χ3v) is 7.20. The normalized spacial score (nSPS) is 15.6. The maximum atomic E-state index is 13.4. The lowest BCUT2D eigenvalue weighted by atomic mass is 9.97. The Morgan fingerprint density at radius 3 is 2.32 bits per heavy atom. The Kier molecular flexibility index (Phi) is 6.16. The fourth-order valence-corrected chi connectivity index (χ4v) is 5.00. The number of benzene rings is 3. The van der Waals surface area contributed by atoms with Gasteiger partial charge in [0.15, 0.2) is 5.16 Å². The van der Waals surface area contributed by atoms with E-state index in [4.69, 9.17) is 5.10 Å². The molecule has 1 aliphatic heterocycles. The van der Waals surface area contributed by atoms with Crippen LogP contribution >= 0.6 is 11.8 Å². The van der Waals surface area contributed by atoms with Crippen LogP contribution in [0.4, 0.5) is 0 Å². The molecule has 0 N–H and O–H groups in total. The summed E-state index contributed by atoms with van der Waals surface area (Å²) in [5.41, 5.74) is 6.04. The monoisotopic (exact) mass is 466 g/mol. The van der Waals surface area contributed by atoms with Gasteiger partial charge in [-0.3, -0.25) is 4.79 Å². The van der Waals surface area contributed by atoms with Gasteiger partial charge in [0.2, 0.25) is 0 Å². The predicted molar refractivity (Wildman–Crippen MR) is 138 cm³/mol. The summed E-state index contributed by atoms with van der Waals surface area (Å²) in [7, 11) is 0. The second-order valence-corrected chi connectivity index (χ2v) is 9.51. The van der Waals surface area contributed by atoms with E-state index in [0.29, 0.717) is 11.6 Å². The molecular weight excluding hydrogens is 440 g/mol. The molecule has 1 aromatic heterocycles. The number of aryl methyl sites for hydroxylation is 2. The van der Waals surface area contributed by atoms with E-state index in [1.807, 2.05) is 51.1 Å². The van der Waals surface area contributed by atoms with Crippen LogP contribution < -0.4 is 0 Å². The van der Waals surface area contributed by atoms with Gasteiger partial charge in [-0.1, -0.05) is 78.5 Å². The van der Waals surface area contributed by atoms with E-state index in [0.717, 1.165) is 33.8 Å². The van der Waals surface area contributed by atoms with Gasteiger partial charge in [0.05, 0.1) is 17.5 Å². The van der Waals surface area contributed by atoms with Crippen molar-refractivity contribution in [1.29, 1.82) is 0 Å². The zero-order valence-corrected chi connectivity index (χ0v) is 20.3. The highest BCUT2D eigenvalue weighted by atomic mass is 32.2. The van der Waals surface area contributed by atoms with Crippen LogP contribution in [0.5, 0.6) is 0 Å². The Morgan fingerprint density at radius 1 is 0.912 bits per heavy atom. The van der Waals surface area contributed by atoms with Gasteiger partial charge in [-0.25, -0.2) is 15.0 Å². The number of rotatable bonds is 5. The fraction of sp³-hybridized carbons (Fsp3) is 0.214. The van der Waals surface area contributed by atoms with Crippen molar-refractivity contribution in [3.05, 3.63) is 101 Å². The van der Waals surface area contributed by atoms with Crippen LogP contribution in [0.3, 0.4) is 0 Å². The van der Waals surface area contributed by atoms with Gasteiger partial charge >= 0.3 is 0 Å². The Labute approximate surface area is 203 Å². The highest BCUT2D eigenvalue weighted by molar-refractivity contribution is 7.99. The van der Waals surface area contributed by atoms with Crippen molar-refractivity contribution in [2.45, 2.75) is 38.4 Å². The molecule has 0 fully saturated rings. The van der Waals surface area contributed by atoms with Crippen LogP contribution in [-0.4, -0.2) is 32.3 Å². The Morgan fingerprint density at radius 2 is 1.59 bits per heavy atom. The quantitative estimate of drug-likeness (QED) is 0.266. The first-order valence-electron chi connectivity index (χ1n) is 11.4. The van der Waals surface area contributed by atoms with Crippen molar-refractivity contribution in [1.82, 2.24) is 15.0 Å². The van der Waals surface area contributed by atoms with Crippen LogP contribution in [0.2, 0.25) is 0 Å². The standard InChI is InChI=1S/C28H26N4OS/c1-18-19(2)29-28(30-20(18)3)34-17-27(33)32-26(22-10-5-4-6-11-22)16-25(31-32)24-14-13-21-9-7-8-12-23(21)15-24/h4-15,26H,16-17H2,1-3H3/t26-/m0/s1. The lowest BCUT2D eigenvalue weighted by Crippen LogP contribution is -2.28. The topological polar surface area (TPSA) is 58.5 Å². The number of amides is 1. The number of carbonyl (C=O) groups excluding carboxylic acids is 1. The molecule has 1 atom stereocenters. The predicted octanol–water partition coefficient (Wildman–Crippen LogP) is 6.03. The number of fused-ring (bicyclic) bond motifs is 1. The molecule has 2 heterocycles. The average molecular weight is 467 g/mol. The summed E-state index contributed by atoms with van der Waals surface area (Å²) in [5.74, 6) is 0.189. The molecule has 0 radical (unpaired) electrons. The van der Waals surface area contributed by atoms with E-state index < -0.39 is 0 Å². The lowest BCUT2D eigenvalue weighted by molar-refractivity contribution is -0.130. The molecule has 3 aromatic carbocycles. The van der Waals surface area contributed by atoms with Crippen molar-refractivity contribution in [2.24, 2.45) is 5.10 Å². The number of aromatic nitrogens is 2. The third kappa shape index (κ3) is 4.46. The number of carbonyl (C=O) groups is 1. The van der Waals surface area contributed by atoms with Crippen molar-refractivity contribution in [3.63, 3.8) is 0 Å². The summed E-state index contributed by atoms with van der Waals surface area (Å²) in [6, 6.07) is 24.7. The summed E-state index contributed by atoms with van der Waals surface area (Å²) < 4.78 is 0. The molecule has 1 aliphatic rings. The molecule has 5 rings (SSSR count). The van der Waals surface area contributed by atoms with E-state index in [-0.39, 0.29) is 17.7 Å². The van der Waals surface area contributed by atoms with Gasteiger partial charge in [-0.2, -0.15) is 5.10 Å². The molecule has 4 aromatic rings. The number of hydrazone groups is 1. The van der Waals surface area contributed by atoms with Crippen molar-refractivity contribution in [3.8, 4) is 0 Å². The summed E-state index contributed by atoms with van der Waals surface area (Å²) in [6.07, 6.45) is 0.679. The van der Waals surface area contributed by atoms with Crippen LogP contribution in [0.25, 0.3) is 10.8 Å². The second-order valence-electron chi connectivity index (χ2n) is 8.57. The number of hydrogen-bond donors (Lipinski definition) is 0.